The van der Waals surface area contributed by atoms with E-state index in [-0.39, 0.29) is 18.4 Å². The van der Waals surface area contributed by atoms with Crippen LogP contribution in [0.4, 0.5) is 0 Å². The van der Waals surface area contributed by atoms with Crippen molar-refractivity contribution in [2.75, 3.05) is 32.9 Å². The molecule has 1 saturated carbocycles. The summed E-state index contributed by atoms with van der Waals surface area (Å²) in [5.74, 6) is -0.581. The predicted octanol–water partition coefficient (Wildman–Crippen LogP) is 0.0858. The lowest BCUT2D eigenvalue weighted by molar-refractivity contribution is -0.142. The third-order valence-corrected chi connectivity index (χ3v) is 3.04. The molecule has 0 spiro atoms. The number of carboxylic acid groups (broad SMARTS) is 1. The van der Waals surface area contributed by atoms with E-state index in [1.807, 2.05) is 0 Å². The number of carboxylic acids is 1. The molecule has 0 amide bonds. The molecule has 5 nitrogen and oxygen atoms in total. The first-order valence-corrected chi connectivity index (χ1v) is 5.88. The molecule has 0 aromatic carbocycles. The summed E-state index contributed by atoms with van der Waals surface area (Å²) in [6.07, 6.45) is 2.83. The van der Waals surface area contributed by atoms with E-state index in [0.29, 0.717) is 19.8 Å². The van der Waals surface area contributed by atoms with Crippen LogP contribution in [0.25, 0.3) is 0 Å². The number of hydrogen-bond donors (Lipinski definition) is 3. The van der Waals surface area contributed by atoms with Crippen molar-refractivity contribution in [1.29, 1.82) is 0 Å². The van der Waals surface area contributed by atoms with E-state index < -0.39 is 5.97 Å². The van der Waals surface area contributed by atoms with Gasteiger partial charge in [-0.2, -0.15) is 0 Å². The minimum Gasteiger partial charge on any atom is -0.481 e. The smallest absolute Gasteiger partial charge is 0.306 e. The summed E-state index contributed by atoms with van der Waals surface area (Å²) in [5.41, 5.74) is 0. The number of aliphatic hydroxyl groups is 1. The second-order valence-corrected chi connectivity index (χ2v) is 4.18. The van der Waals surface area contributed by atoms with Gasteiger partial charge in [0.05, 0.1) is 25.7 Å². The van der Waals surface area contributed by atoms with Crippen LogP contribution in [0.5, 0.6) is 0 Å². The molecule has 3 N–H and O–H groups in total. The molecule has 0 bridgehead atoms. The highest BCUT2D eigenvalue weighted by Gasteiger charge is 2.32. The zero-order valence-electron chi connectivity index (χ0n) is 9.52. The third kappa shape index (κ3) is 4.47. The normalized spacial score (nSPS) is 24.8. The number of hydrogen-bond acceptors (Lipinski definition) is 4. The van der Waals surface area contributed by atoms with Crippen molar-refractivity contribution in [3.05, 3.63) is 0 Å². The maximum Gasteiger partial charge on any atom is 0.306 e. The van der Waals surface area contributed by atoms with E-state index >= 15 is 0 Å². The molecule has 16 heavy (non-hydrogen) atoms. The van der Waals surface area contributed by atoms with Crippen molar-refractivity contribution in [2.24, 2.45) is 11.8 Å². The molecule has 0 aliphatic heterocycles. The Labute approximate surface area is 95.8 Å². The van der Waals surface area contributed by atoms with Crippen molar-refractivity contribution < 1.29 is 19.7 Å². The van der Waals surface area contributed by atoms with Gasteiger partial charge in [0.25, 0.3) is 0 Å². The monoisotopic (exact) mass is 231 g/mol. The van der Waals surface area contributed by atoms with Gasteiger partial charge in [-0.3, -0.25) is 4.79 Å². The Morgan fingerprint density at radius 3 is 2.88 bits per heavy atom. The SMILES string of the molecule is O=C(O)C1CCCC1CNCCOCCO. The number of ether oxygens (including phenoxy) is 1. The molecule has 0 radical (unpaired) electrons. The highest BCUT2D eigenvalue weighted by atomic mass is 16.5. The van der Waals surface area contributed by atoms with E-state index in [2.05, 4.69) is 5.32 Å². The van der Waals surface area contributed by atoms with Crippen LogP contribution in [0.3, 0.4) is 0 Å². The average Bonchev–Trinajstić information content (AvgIpc) is 2.71. The van der Waals surface area contributed by atoms with Gasteiger partial charge in [0.15, 0.2) is 0 Å². The van der Waals surface area contributed by atoms with Gasteiger partial charge in [0.2, 0.25) is 0 Å². The maximum absolute atomic E-state index is 10.9. The maximum atomic E-state index is 10.9. The molecular formula is C11H21NO4. The van der Waals surface area contributed by atoms with E-state index in [0.717, 1.165) is 25.8 Å². The average molecular weight is 231 g/mol. The minimum absolute atomic E-state index is 0.0454. The summed E-state index contributed by atoms with van der Waals surface area (Å²) in [5, 5.41) is 20.7. The van der Waals surface area contributed by atoms with Crippen LogP contribution >= 0.6 is 0 Å². The van der Waals surface area contributed by atoms with Gasteiger partial charge in [-0.15, -0.1) is 0 Å². The lowest BCUT2D eigenvalue weighted by atomic mass is 9.96. The minimum atomic E-state index is -0.666. The summed E-state index contributed by atoms with van der Waals surface area (Å²) in [4.78, 5) is 10.9. The number of nitrogens with one attached hydrogen (secondary N) is 1. The van der Waals surface area contributed by atoms with Gasteiger partial charge in [0.1, 0.15) is 0 Å². The molecular weight excluding hydrogens is 210 g/mol. The van der Waals surface area contributed by atoms with Crippen molar-refractivity contribution in [3.63, 3.8) is 0 Å². The summed E-state index contributed by atoms with van der Waals surface area (Å²) < 4.78 is 5.09. The number of rotatable bonds is 8. The molecule has 0 aromatic rings. The fourth-order valence-electron chi connectivity index (χ4n) is 2.20. The van der Waals surface area contributed by atoms with Crippen molar-refractivity contribution in [2.45, 2.75) is 19.3 Å². The molecule has 1 rings (SSSR count). The van der Waals surface area contributed by atoms with Gasteiger partial charge in [0, 0.05) is 6.54 Å². The Morgan fingerprint density at radius 2 is 2.19 bits per heavy atom. The molecule has 5 heteroatoms. The van der Waals surface area contributed by atoms with Crippen LogP contribution < -0.4 is 5.32 Å². The largest absolute Gasteiger partial charge is 0.481 e. The zero-order chi connectivity index (χ0) is 11.8. The summed E-state index contributed by atoms with van der Waals surface area (Å²) >= 11 is 0. The van der Waals surface area contributed by atoms with Crippen LogP contribution in [0, 0.1) is 11.8 Å². The molecule has 0 aromatic heterocycles. The standard InChI is InChI=1S/C11H21NO4/c13-5-7-16-6-4-12-8-9-2-1-3-10(9)11(14)15/h9-10,12-13H,1-8H2,(H,14,15). The van der Waals surface area contributed by atoms with Crippen LogP contribution in [0.1, 0.15) is 19.3 Å². The molecule has 2 unspecified atom stereocenters. The Morgan fingerprint density at radius 1 is 1.38 bits per heavy atom. The molecule has 2 atom stereocenters. The second-order valence-electron chi connectivity index (χ2n) is 4.18. The fraction of sp³-hybridized carbons (Fsp3) is 0.909. The van der Waals surface area contributed by atoms with Gasteiger partial charge in [-0.25, -0.2) is 0 Å². The quantitative estimate of drug-likeness (QED) is 0.516. The molecule has 1 aliphatic rings. The summed E-state index contributed by atoms with van der Waals surface area (Å²) in [6.45, 7) is 2.43. The van der Waals surface area contributed by atoms with Crippen molar-refractivity contribution in [3.8, 4) is 0 Å². The van der Waals surface area contributed by atoms with Crippen molar-refractivity contribution in [1.82, 2.24) is 5.32 Å². The molecule has 1 fully saturated rings. The van der Waals surface area contributed by atoms with Gasteiger partial charge >= 0.3 is 5.97 Å². The highest BCUT2D eigenvalue weighted by molar-refractivity contribution is 5.70. The van der Waals surface area contributed by atoms with Crippen LogP contribution in [-0.2, 0) is 9.53 Å². The van der Waals surface area contributed by atoms with Crippen molar-refractivity contribution >= 4 is 5.97 Å². The lowest BCUT2D eigenvalue weighted by Crippen LogP contribution is -2.31. The topological polar surface area (TPSA) is 78.8 Å². The lowest BCUT2D eigenvalue weighted by Gasteiger charge is -2.16. The van der Waals surface area contributed by atoms with Crippen LogP contribution in [0.15, 0.2) is 0 Å². The Hall–Kier alpha value is -0.650. The van der Waals surface area contributed by atoms with E-state index in [1.165, 1.54) is 0 Å². The van der Waals surface area contributed by atoms with E-state index in [9.17, 15) is 4.79 Å². The van der Waals surface area contributed by atoms with Crippen LogP contribution in [0.2, 0.25) is 0 Å². The highest BCUT2D eigenvalue weighted by Crippen LogP contribution is 2.31. The fourth-order valence-corrected chi connectivity index (χ4v) is 2.20. The predicted molar refractivity (Wildman–Crippen MR) is 59.2 cm³/mol. The first kappa shape index (κ1) is 13.4. The number of aliphatic carboxylic acids is 1. The third-order valence-electron chi connectivity index (χ3n) is 3.04. The summed E-state index contributed by atoms with van der Waals surface area (Å²) in [6, 6.07) is 0. The van der Waals surface area contributed by atoms with Gasteiger partial charge < -0.3 is 20.3 Å². The van der Waals surface area contributed by atoms with Crippen LogP contribution in [-0.4, -0.2) is 49.1 Å². The number of aliphatic hydroxyl groups excluding tert-OH is 1. The van der Waals surface area contributed by atoms with E-state index in [1.54, 1.807) is 0 Å². The Balaban J connectivity index is 2.05. The summed E-state index contributed by atoms with van der Waals surface area (Å²) in [7, 11) is 0. The first-order chi connectivity index (χ1) is 7.75. The second kappa shape index (κ2) is 7.60. The number of carbonyl (C=O) groups is 1. The molecule has 0 saturated heterocycles. The molecule has 94 valence electrons. The molecule has 1 aliphatic carbocycles. The zero-order valence-corrected chi connectivity index (χ0v) is 9.52. The van der Waals surface area contributed by atoms with Gasteiger partial charge in [-0.05, 0) is 25.3 Å². The Kier molecular flexibility index (Phi) is 6.37. The molecule has 0 heterocycles. The van der Waals surface area contributed by atoms with E-state index in [4.69, 9.17) is 14.9 Å². The van der Waals surface area contributed by atoms with Gasteiger partial charge in [-0.1, -0.05) is 6.42 Å². The first-order valence-electron chi connectivity index (χ1n) is 5.88. The Bertz CT molecular complexity index is 210.